The van der Waals surface area contributed by atoms with Crippen LogP contribution < -0.4 is 20.9 Å². The van der Waals surface area contributed by atoms with E-state index in [-0.39, 0.29) is 18.3 Å². The topological polar surface area (TPSA) is 123 Å². The lowest BCUT2D eigenvalue weighted by molar-refractivity contribution is 0.0519. The highest BCUT2D eigenvalue weighted by Gasteiger charge is 2.17. The summed E-state index contributed by atoms with van der Waals surface area (Å²) >= 11 is 0. The third-order valence-corrected chi connectivity index (χ3v) is 5.78. The van der Waals surface area contributed by atoms with Crippen molar-refractivity contribution in [2.24, 2.45) is 0 Å². The molecule has 3 aromatic rings. The number of amides is 1. The van der Waals surface area contributed by atoms with Crippen molar-refractivity contribution in [3.8, 4) is 0 Å². The summed E-state index contributed by atoms with van der Waals surface area (Å²) < 4.78 is 30.6. The quantitative estimate of drug-likeness (QED) is 0.248. The number of anilines is 3. The van der Waals surface area contributed by atoms with Crippen LogP contribution in [0.4, 0.5) is 22.2 Å². The van der Waals surface area contributed by atoms with Gasteiger partial charge in [-0.3, -0.25) is 4.79 Å². The molecule has 0 aliphatic carbocycles. The number of ether oxygens (including phenoxy) is 3. The lowest BCUT2D eigenvalue weighted by Crippen LogP contribution is -2.37. The van der Waals surface area contributed by atoms with Gasteiger partial charge in [-0.15, -0.1) is 0 Å². The molecule has 0 radical (unpaired) electrons. The zero-order chi connectivity index (χ0) is 27.1. The van der Waals surface area contributed by atoms with E-state index in [1.165, 1.54) is 6.07 Å². The lowest BCUT2D eigenvalue weighted by atomic mass is 10.2. The first-order valence-electron chi connectivity index (χ1n) is 13.0. The summed E-state index contributed by atoms with van der Waals surface area (Å²) in [5.41, 5.74) is 1.14. The van der Waals surface area contributed by atoms with E-state index in [1.807, 2.05) is 23.1 Å². The van der Waals surface area contributed by atoms with Crippen LogP contribution in [0.15, 0.2) is 54.6 Å². The van der Waals surface area contributed by atoms with Crippen LogP contribution in [-0.2, 0) is 20.8 Å². The van der Waals surface area contributed by atoms with Crippen LogP contribution in [0.2, 0.25) is 0 Å². The molecule has 0 saturated carbocycles. The maximum atomic E-state index is 14.0. The molecule has 1 saturated heterocycles. The van der Waals surface area contributed by atoms with Crippen molar-refractivity contribution in [1.29, 1.82) is 0 Å². The molecule has 0 unspecified atom stereocenters. The highest BCUT2D eigenvalue weighted by molar-refractivity contribution is 5.94. The Balaban J connectivity index is 1.16. The Hall–Kier alpha value is -3.87. The van der Waals surface area contributed by atoms with Gasteiger partial charge in [0.2, 0.25) is 17.8 Å². The molecule has 2 heterocycles. The zero-order valence-corrected chi connectivity index (χ0v) is 21.8. The van der Waals surface area contributed by atoms with Crippen molar-refractivity contribution < 1.29 is 23.4 Å². The molecule has 39 heavy (non-hydrogen) atoms. The molecule has 1 aliphatic heterocycles. The second-order valence-corrected chi connectivity index (χ2v) is 8.60. The van der Waals surface area contributed by atoms with Gasteiger partial charge in [-0.05, 0) is 18.2 Å². The molecule has 3 N–H and O–H groups in total. The van der Waals surface area contributed by atoms with Crippen LogP contribution >= 0.6 is 0 Å². The van der Waals surface area contributed by atoms with Crippen molar-refractivity contribution >= 4 is 23.8 Å². The summed E-state index contributed by atoms with van der Waals surface area (Å²) in [4.78, 5) is 27.5. The number of halogens is 1. The number of nitrogens with zero attached hydrogens (tertiary/aromatic N) is 4. The minimum Gasteiger partial charge on any atom is -0.378 e. The van der Waals surface area contributed by atoms with E-state index in [4.69, 9.17) is 14.2 Å². The Kier molecular flexibility index (Phi) is 11.2. The molecule has 2 aromatic carbocycles. The van der Waals surface area contributed by atoms with Crippen LogP contribution in [0.25, 0.3) is 0 Å². The third kappa shape index (κ3) is 9.43. The number of hydrogen-bond donors (Lipinski definition) is 3. The summed E-state index contributed by atoms with van der Waals surface area (Å²) in [5, 5.41) is 9.08. The summed E-state index contributed by atoms with van der Waals surface area (Å²) in [6.45, 7) is 5.35. The van der Waals surface area contributed by atoms with Gasteiger partial charge in [-0.25, -0.2) is 4.39 Å². The summed E-state index contributed by atoms with van der Waals surface area (Å²) in [6, 6.07) is 15.6. The van der Waals surface area contributed by atoms with Gasteiger partial charge in [0.05, 0.1) is 39.6 Å². The third-order valence-electron chi connectivity index (χ3n) is 5.78. The molecule has 0 spiro atoms. The van der Waals surface area contributed by atoms with Crippen LogP contribution in [0.5, 0.6) is 0 Å². The molecule has 0 atom stereocenters. The number of morpholine rings is 1. The fraction of sp³-hybridized carbons (Fsp3) is 0.407. The van der Waals surface area contributed by atoms with Crippen LogP contribution in [-0.4, -0.2) is 86.7 Å². The fourth-order valence-electron chi connectivity index (χ4n) is 3.73. The lowest BCUT2D eigenvalue weighted by Gasteiger charge is -2.27. The number of nitrogens with one attached hydrogen (secondary N) is 3. The predicted molar refractivity (Wildman–Crippen MR) is 145 cm³/mol. The van der Waals surface area contributed by atoms with E-state index < -0.39 is 0 Å². The van der Waals surface area contributed by atoms with Gasteiger partial charge in [0, 0.05) is 43.9 Å². The molecule has 4 rings (SSSR count). The molecule has 11 nitrogen and oxygen atoms in total. The highest BCUT2D eigenvalue weighted by atomic mass is 19.1. The standard InChI is InChI=1S/C27H34FN7O4/c28-23-9-5-4-8-22(23)20-31-26-32-25(33-27(34-26)35-12-16-39-17-13-35)30-11-15-38-19-18-37-14-10-29-24(36)21-6-2-1-3-7-21/h1-9H,10-20H2,(H,29,36)(H2,30,31,32,33,34). The molecule has 208 valence electrons. The molecular formula is C27H34FN7O4. The Bertz CT molecular complexity index is 1170. The first kappa shape index (κ1) is 28.1. The minimum absolute atomic E-state index is 0.123. The SMILES string of the molecule is O=C(NCCOCCOCCNc1nc(NCc2ccccc2F)nc(N2CCOCC2)n1)c1ccccc1. The molecule has 1 fully saturated rings. The smallest absolute Gasteiger partial charge is 0.251 e. The Labute approximate surface area is 227 Å². The number of carbonyl (C=O) groups excluding carboxylic acids is 1. The van der Waals surface area contributed by atoms with Gasteiger partial charge in [0.15, 0.2) is 0 Å². The van der Waals surface area contributed by atoms with E-state index in [2.05, 4.69) is 30.9 Å². The van der Waals surface area contributed by atoms with E-state index in [0.717, 1.165) is 0 Å². The summed E-state index contributed by atoms with van der Waals surface area (Å²) in [5.74, 6) is 0.869. The minimum atomic E-state index is -0.288. The van der Waals surface area contributed by atoms with Gasteiger partial charge < -0.3 is 35.1 Å². The van der Waals surface area contributed by atoms with Gasteiger partial charge in [0.1, 0.15) is 5.82 Å². The first-order chi connectivity index (χ1) is 19.2. The normalized spacial score (nSPS) is 13.2. The van der Waals surface area contributed by atoms with Gasteiger partial charge in [-0.1, -0.05) is 36.4 Å². The monoisotopic (exact) mass is 539 g/mol. The summed E-state index contributed by atoms with van der Waals surface area (Å²) in [7, 11) is 0. The summed E-state index contributed by atoms with van der Waals surface area (Å²) in [6.07, 6.45) is 0. The van der Waals surface area contributed by atoms with Crippen molar-refractivity contribution in [2.45, 2.75) is 6.54 Å². The average Bonchev–Trinajstić information content (AvgIpc) is 2.98. The average molecular weight is 540 g/mol. The fourth-order valence-corrected chi connectivity index (χ4v) is 3.73. The zero-order valence-electron chi connectivity index (χ0n) is 21.8. The van der Waals surface area contributed by atoms with Gasteiger partial charge >= 0.3 is 0 Å². The number of carbonyl (C=O) groups is 1. The number of rotatable bonds is 15. The van der Waals surface area contributed by atoms with Crippen molar-refractivity contribution in [3.63, 3.8) is 0 Å². The Morgan fingerprint density at radius 3 is 2.26 bits per heavy atom. The Morgan fingerprint density at radius 1 is 0.846 bits per heavy atom. The van der Waals surface area contributed by atoms with E-state index in [9.17, 15) is 9.18 Å². The number of benzene rings is 2. The molecule has 1 amide bonds. The largest absolute Gasteiger partial charge is 0.378 e. The van der Waals surface area contributed by atoms with Crippen molar-refractivity contribution in [1.82, 2.24) is 20.3 Å². The molecule has 12 heteroatoms. The van der Waals surface area contributed by atoms with Gasteiger partial charge in [-0.2, -0.15) is 15.0 Å². The first-order valence-corrected chi connectivity index (χ1v) is 13.0. The molecule has 1 aliphatic rings. The second kappa shape index (κ2) is 15.5. The molecule has 0 bridgehead atoms. The van der Waals surface area contributed by atoms with Crippen LogP contribution in [0.1, 0.15) is 15.9 Å². The van der Waals surface area contributed by atoms with Gasteiger partial charge in [0.25, 0.3) is 5.91 Å². The van der Waals surface area contributed by atoms with Crippen LogP contribution in [0.3, 0.4) is 0 Å². The Morgan fingerprint density at radius 2 is 1.51 bits per heavy atom. The number of aromatic nitrogens is 3. The van der Waals surface area contributed by atoms with Crippen molar-refractivity contribution in [3.05, 3.63) is 71.5 Å². The number of hydrogen-bond acceptors (Lipinski definition) is 10. The van der Waals surface area contributed by atoms with E-state index in [0.29, 0.717) is 94.8 Å². The molecule has 1 aromatic heterocycles. The molecular weight excluding hydrogens is 505 g/mol. The van der Waals surface area contributed by atoms with E-state index >= 15 is 0 Å². The second-order valence-electron chi connectivity index (χ2n) is 8.60. The predicted octanol–water partition coefficient (Wildman–Crippen LogP) is 2.33. The maximum Gasteiger partial charge on any atom is 0.251 e. The van der Waals surface area contributed by atoms with Crippen molar-refractivity contribution in [2.75, 3.05) is 81.4 Å². The maximum absolute atomic E-state index is 14.0. The van der Waals surface area contributed by atoms with E-state index in [1.54, 1.807) is 30.3 Å². The van der Waals surface area contributed by atoms with Crippen LogP contribution in [0, 0.1) is 5.82 Å². The highest BCUT2D eigenvalue weighted by Crippen LogP contribution is 2.16.